The van der Waals surface area contributed by atoms with Gasteiger partial charge in [0.2, 0.25) is 0 Å². The van der Waals surface area contributed by atoms with E-state index < -0.39 is 10.1 Å². The highest BCUT2D eigenvalue weighted by Crippen LogP contribution is 2.10. The van der Waals surface area contributed by atoms with Gasteiger partial charge in [-0.25, -0.2) is 8.42 Å². The fraction of sp³-hybridized carbons (Fsp3) is 0.750. The Hall–Kier alpha value is -1.17. The Morgan fingerprint density at radius 1 is 0.622 bits per heavy atom. The molecule has 0 aliphatic rings. The molecule has 0 unspecified atom stereocenters. The summed E-state index contributed by atoms with van der Waals surface area (Å²) < 4.78 is 31.4. The van der Waals surface area contributed by atoms with Gasteiger partial charge in [-0.1, -0.05) is 123 Å². The van der Waals surface area contributed by atoms with Gasteiger partial charge in [-0.2, -0.15) is 0 Å². The first-order chi connectivity index (χ1) is 17.9. The smallest absolute Gasteiger partial charge is 0.124 e. The highest BCUT2D eigenvalue weighted by molar-refractivity contribution is 7.85. The van der Waals surface area contributed by atoms with Crippen molar-refractivity contribution in [2.45, 2.75) is 141 Å². The summed E-state index contributed by atoms with van der Waals surface area (Å²) >= 11 is 0. The quantitative estimate of drug-likeness (QED) is 0.113. The Morgan fingerprint density at radius 2 is 0.946 bits per heavy atom. The van der Waals surface area contributed by atoms with Crippen molar-refractivity contribution < 1.29 is 17.9 Å². The van der Waals surface area contributed by atoms with Crippen molar-refractivity contribution >= 4 is 16.2 Å². The summed E-state index contributed by atoms with van der Waals surface area (Å²) in [7, 11) is -4.31. The molecule has 0 bridgehead atoms. The van der Waals surface area contributed by atoms with Crippen molar-refractivity contribution in [3.8, 4) is 0 Å². The van der Waals surface area contributed by atoms with Crippen LogP contribution in [-0.4, -0.2) is 32.6 Å². The van der Waals surface area contributed by atoms with E-state index in [1.807, 2.05) is 4.90 Å². The minimum atomic E-state index is -4.31. The molecule has 0 radical (unpaired) electrons. The third kappa shape index (κ3) is 22.5. The molecular formula is C32H59NO3S. The van der Waals surface area contributed by atoms with Crippen molar-refractivity contribution in [2.24, 2.45) is 0 Å². The fourth-order valence-corrected chi connectivity index (χ4v) is 5.08. The molecule has 5 heteroatoms. The number of rotatable bonds is 23. The number of nitrogens with one attached hydrogen (secondary N) is 1. The van der Waals surface area contributed by atoms with Crippen LogP contribution in [0.15, 0.2) is 35.7 Å². The SMILES string of the molecule is C=Cc1ccc(S(=O)(=O)[O-])cc1.CCCCCCCC[NH+](CCCCCCCC)CCCCCCCC. The van der Waals surface area contributed by atoms with Gasteiger partial charge in [-0.3, -0.25) is 0 Å². The topological polar surface area (TPSA) is 61.6 Å². The lowest BCUT2D eigenvalue weighted by molar-refractivity contribution is -0.900. The van der Waals surface area contributed by atoms with E-state index in [4.69, 9.17) is 0 Å². The van der Waals surface area contributed by atoms with E-state index in [0.29, 0.717) is 0 Å². The van der Waals surface area contributed by atoms with Crippen LogP contribution in [0, 0.1) is 0 Å². The van der Waals surface area contributed by atoms with E-state index in [9.17, 15) is 13.0 Å². The van der Waals surface area contributed by atoms with Crippen LogP contribution in [0.2, 0.25) is 0 Å². The first-order valence-corrected chi connectivity index (χ1v) is 16.8. The second-order valence-corrected chi connectivity index (χ2v) is 11.9. The standard InChI is InChI=1S/C24H51N.C8H8O3S/c1-4-7-10-13-16-19-22-25(23-20-17-14-11-8-5-2)24-21-18-15-12-9-6-3;1-2-7-3-5-8(6-4-7)12(9,10)11/h4-24H2,1-3H3;2-6H,1H2,(H,9,10,11). The number of hydrogen-bond acceptors (Lipinski definition) is 3. The lowest BCUT2D eigenvalue weighted by Gasteiger charge is -2.20. The van der Waals surface area contributed by atoms with Gasteiger partial charge in [0.05, 0.1) is 24.5 Å². The van der Waals surface area contributed by atoms with Crippen LogP contribution in [0.4, 0.5) is 0 Å². The Bertz CT molecular complexity index is 693. The lowest BCUT2D eigenvalue weighted by Crippen LogP contribution is -3.12. The van der Waals surface area contributed by atoms with E-state index in [1.54, 1.807) is 6.08 Å². The molecule has 1 N–H and O–H groups in total. The van der Waals surface area contributed by atoms with Crippen LogP contribution >= 0.6 is 0 Å². The molecule has 0 aliphatic carbocycles. The first-order valence-electron chi connectivity index (χ1n) is 15.4. The number of quaternary nitrogens is 1. The zero-order chi connectivity index (χ0) is 27.6. The maximum atomic E-state index is 10.5. The molecule has 216 valence electrons. The van der Waals surface area contributed by atoms with E-state index in [1.165, 1.54) is 159 Å². The van der Waals surface area contributed by atoms with Crippen LogP contribution in [0.1, 0.15) is 142 Å². The van der Waals surface area contributed by atoms with Gasteiger partial charge >= 0.3 is 0 Å². The predicted molar refractivity (Wildman–Crippen MR) is 160 cm³/mol. The van der Waals surface area contributed by atoms with Gasteiger partial charge in [-0.05, 0) is 56.2 Å². The third-order valence-corrected chi connectivity index (χ3v) is 7.91. The molecular weight excluding hydrogens is 478 g/mol. The normalized spacial score (nSPS) is 11.4. The molecule has 0 saturated heterocycles. The molecule has 0 spiro atoms. The second kappa shape index (κ2) is 25.1. The molecule has 1 rings (SSSR count). The van der Waals surface area contributed by atoms with Crippen molar-refractivity contribution in [1.29, 1.82) is 0 Å². The molecule has 4 nitrogen and oxygen atoms in total. The summed E-state index contributed by atoms with van der Waals surface area (Å²) in [5.41, 5.74) is 0.780. The van der Waals surface area contributed by atoms with Crippen molar-refractivity contribution in [3.05, 3.63) is 36.4 Å². The molecule has 0 fully saturated rings. The van der Waals surface area contributed by atoms with Crippen LogP contribution in [0.3, 0.4) is 0 Å². The lowest BCUT2D eigenvalue weighted by atomic mass is 10.1. The van der Waals surface area contributed by atoms with Crippen molar-refractivity contribution in [2.75, 3.05) is 19.6 Å². The molecule has 0 heterocycles. The summed E-state index contributed by atoms with van der Waals surface area (Å²) in [6.07, 6.45) is 27.6. The van der Waals surface area contributed by atoms with Gasteiger partial charge in [-0.15, -0.1) is 0 Å². The molecule has 0 amide bonds. The largest absolute Gasteiger partial charge is 0.744 e. The van der Waals surface area contributed by atoms with Gasteiger partial charge in [0.1, 0.15) is 10.1 Å². The van der Waals surface area contributed by atoms with Crippen LogP contribution in [0.5, 0.6) is 0 Å². The minimum Gasteiger partial charge on any atom is -0.744 e. The summed E-state index contributed by atoms with van der Waals surface area (Å²) in [4.78, 5) is 1.70. The van der Waals surface area contributed by atoms with Crippen LogP contribution in [0.25, 0.3) is 6.08 Å². The summed E-state index contributed by atoms with van der Waals surface area (Å²) in [6, 6.07) is 5.58. The Kier molecular flexibility index (Phi) is 24.3. The zero-order valence-electron chi connectivity index (χ0n) is 24.6. The number of hydrogen-bond donors (Lipinski definition) is 1. The highest BCUT2D eigenvalue weighted by Gasteiger charge is 2.08. The number of unbranched alkanes of at least 4 members (excludes halogenated alkanes) is 15. The van der Waals surface area contributed by atoms with Gasteiger partial charge in [0, 0.05) is 0 Å². The molecule has 37 heavy (non-hydrogen) atoms. The van der Waals surface area contributed by atoms with E-state index in [-0.39, 0.29) is 4.90 Å². The van der Waals surface area contributed by atoms with Gasteiger partial charge in [0.15, 0.2) is 0 Å². The minimum absolute atomic E-state index is 0.215. The Morgan fingerprint density at radius 3 is 1.24 bits per heavy atom. The van der Waals surface area contributed by atoms with E-state index in [2.05, 4.69) is 27.4 Å². The van der Waals surface area contributed by atoms with Crippen molar-refractivity contribution in [3.63, 3.8) is 0 Å². The average molecular weight is 538 g/mol. The van der Waals surface area contributed by atoms with Crippen LogP contribution < -0.4 is 4.90 Å². The Labute approximate surface area is 231 Å². The molecule has 0 saturated carbocycles. The summed E-state index contributed by atoms with van der Waals surface area (Å²) in [5, 5.41) is 0. The zero-order valence-corrected chi connectivity index (χ0v) is 25.4. The number of benzene rings is 1. The van der Waals surface area contributed by atoms with Crippen molar-refractivity contribution in [1.82, 2.24) is 0 Å². The molecule has 1 aromatic rings. The van der Waals surface area contributed by atoms with E-state index in [0.717, 1.165) is 5.56 Å². The average Bonchev–Trinajstić information content (AvgIpc) is 2.89. The van der Waals surface area contributed by atoms with E-state index >= 15 is 0 Å². The molecule has 1 aromatic carbocycles. The van der Waals surface area contributed by atoms with Crippen LogP contribution in [-0.2, 0) is 10.1 Å². The summed E-state index contributed by atoms with van der Waals surface area (Å²) in [6.45, 7) is 14.8. The molecule has 0 aliphatic heterocycles. The summed E-state index contributed by atoms with van der Waals surface area (Å²) in [5.74, 6) is 0. The fourth-order valence-electron chi connectivity index (χ4n) is 4.61. The maximum Gasteiger partial charge on any atom is 0.124 e. The first kappa shape index (κ1) is 35.8. The monoisotopic (exact) mass is 537 g/mol. The van der Waals surface area contributed by atoms with Gasteiger partial charge in [0.25, 0.3) is 0 Å². The second-order valence-electron chi connectivity index (χ2n) is 10.5. The molecule has 0 atom stereocenters. The predicted octanol–water partition coefficient (Wildman–Crippen LogP) is 8.19. The Balaban J connectivity index is 0.000000893. The maximum absolute atomic E-state index is 10.5. The highest BCUT2D eigenvalue weighted by atomic mass is 32.2. The van der Waals surface area contributed by atoms with Gasteiger partial charge < -0.3 is 9.45 Å². The third-order valence-electron chi connectivity index (χ3n) is 7.06. The molecule has 0 aromatic heterocycles.